The van der Waals surface area contributed by atoms with Gasteiger partial charge in [-0.3, -0.25) is 4.79 Å². The summed E-state index contributed by atoms with van der Waals surface area (Å²) in [5.74, 6) is -0.929. The zero-order valence-corrected chi connectivity index (χ0v) is 12.5. The van der Waals surface area contributed by atoms with Gasteiger partial charge < -0.3 is 21.5 Å². The van der Waals surface area contributed by atoms with Gasteiger partial charge in [0.25, 0.3) is 5.91 Å². The number of hydrogen-bond donors (Lipinski definition) is 3. The molecule has 1 unspecified atom stereocenters. The van der Waals surface area contributed by atoms with Gasteiger partial charge in [0.15, 0.2) is 6.10 Å². The summed E-state index contributed by atoms with van der Waals surface area (Å²) in [6.07, 6.45) is 2.19. The number of ether oxygens (including phenoxy) is 1. The first-order chi connectivity index (χ1) is 9.93. The molecule has 0 aromatic heterocycles. The van der Waals surface area contributed by atoms with Gasteiger partial charge in [0.2, 0.25) is 0 Å². The van der Waals surface area contributed by atoms with E-state index in [9.17, 15) is 9.59 Å². The Morgan fingerprint density at radius 3 is 2.38 bits per heavy atom. The number of nitrogens with one attached hydrogen (secondary N) is 1. The second-order valence-electron chi connectivity index (χ2n) is 4.93. The first-order valence-corrected chi connectivity index (χ1v) is 7.08. The molecular weight excluding hydrogens is 270 g/mol. The fourth-order valence-corrected chi connectivity index (χ4v) is 1.81. The summed E-state index contributed by atoms with van der Waals surface area (Å²) in [5.41, 5.74) is 12.2. The van der Waals surface area contributed by atoms with E-state index in [-0.39, 0.29) is 11.5 Å². The van der Waals surface area contributed by atoms with E-state index in [0.717, 1.165) is 19.3 Å². The lowest BCUT2D eigenvalue weighted by molar-refractivity contribution is -0.129. The van der Waals surface area contributed by atoms with E-state index in [2.05, 4.69) is 12.2 Å². The smallest absolute Gasteiger partial charge is 0.339 e. The maximum atomic E-state index is 11.9. The summed E-state index contributed by atoms with van der Waals surface area (Å²) < 4.78 is 5.10. The van der Waals surface area contributed by atoms with Crippen LogP contribution in [0.15, 0.2) is 18.2 Å². The van der Waals surface area contributed by atoms with Crippen LogP contribution >= 0.6 is 0 Å². The van der Waals surface area contributed by atoms with Gasteiger partial charge in [0.05, 0.1) is 5.56 Å². The van der Waals surface area contributed by atoms with Crippen molar-refractivity contribution in [3.05, 3.63) is 23.8 Å². The first kappa shape index (κ1) is 16.8. The first-order valence-electron chi connectivity index (χ1n) is 7.08. The molecule has 0 spiro atoms. The minimum Gasteiger partial charge on any atom is -0.449 e. The molecule has 0 heterocycles. The second kappa shape index (κ2) is 8.14. The number of benzene rings is 1. The SMILES string of the molecule is CCCCCNC(=O)C(C)OC(=O)c1cc(N)cc(N)c1. The van der Waals surface area contributed by atoms with Crippen molar-refractivity contribution < 1.29 is 14.3 Å². The molecule has 1 atom stereocenters. The fraction of sp³-hybridized carbons (Fsp3) is 0.467. The topological polar surface area (TPSA) is 107 Å². The van der Waals surface area contributed by atoms with Gasteiger partial charge in [-0.25, -0.2) is 4.79 Å². The maximum absolute atomic E-state index is 11.9. The van der Waals surface area contributed by atoms with Gasteiger partial charge in [-0.05, 0) is 31.5 Å². The molecule has 0 aliphatic heterocycles. The molecule has 21 heavy (non-hydrogen) atoms. The van der Waals surface area contributed by atoms with Crippen molar-refractivity contribution >= 4 is 23.3 Å². The third-order valence-electron chi connectivity index (χ3n) is 2.95. The van der Waals surface area contributed by atoms with Crippen LogP contribution in [0.1, 0.15) is 43.5 Å². The van der Waals surface area contributed by atoms with Crippen LogP contribution in [-0.4, -0.2) is 24.5 Å². The van der Waals surface area contributed by atoms with E-state index in [4.69, 9.17) is 16.2 Å². The van der Waals surface area contributed by atoms with Crippen LogP contribution in [-0.2, 0) is 9.53 Å². The van der Waals surface area contributed by atoms with Crippen LogP contribution in [0.25, 0.3) is 0 Å². The van der Waals surface area contributed by atoms with E-state index in [1.807, 2.05) is 0 Å². The third-order valence-corrected chi connectivity index (χ3v) is 2.95. The molecule has 0 aliphatic rings. The number of carbonyl (C=O) groups is 2. The molecule has 0 saturated carbocycles. The number of nitrogens with two attached hydrogens (primary N) is 2. The van der Waals surface area contributed by atoms with Crippen LogP contribution in [0.2, 0.25) is 0 Å². The number of anilines is 2. The minimum atomic E-state index is -0.859. The average molecular weight is 293 g/mol. The number of nitrogen functional groups attached to an aromatic ring is 2. The van der Waals surface area contributed by atoms with Gasteiger partial charge in [-0.1, -0.05) is 19.8 Å². The fourth-order valence-electron chi connectivity index (χ4n) is 1.81. The predicted octanol–water partition coefficient (Wildman–Crippen LogP) is 1.70. The van der Waals surface area contributed by atoms with Crippen molar-refractivity contribution in [1.29, 1.82) is 0 Å². The largest absolute Gasteiger partial charge is 0.449 e. The molecule has 0 saturated heterocycles. The number of hydrogen-bond acceptors (Lipinski definition) is 5. The van der Waals surface area contributed by atoms with Crippen LogP contribution in [0, 0.1) is 0 Å². The highest BCUT2D eigenvalue weighted by atomic mass is 16.5. The van der Waals surface area contributed by atoms with E-state index in [1.54, 1.807) is 6.07 Å². The normalized spacial score (nSPS) is 11.7. The summed E-state index contributed by atoms with van der Waals surface area (Å²) in [6, 6.07) is 4.47. The molecule has 1 amide bonds. The van der Waals surface area contributed by atoms with Gasteiger partial charge >= 0.3 is 5.97 Å². The molecule has 1 rings (SSSR count). The van der Waals surface area contributed by atoms with Crippen molar-refractivity contribution in [3.8, 4) is 0 Å². The molecule has 6 heteroatoms. The number of esters is 1. The van der Waals surface area contributed by atoms with Gasteiger partial charge in [0.1, 0.15) is 0 Å². The lowest BCUT2D eigenvalue weighted by Gasteiger charge is -2.14. The van der Waals surface area contributed by atoms with Crippen LogP contribution in [0.4, 0.5) is 11.4 Å². The number of unbranched alkanes of at least 4 members (excludes halogenated alkanes) is 2. The zero-order chi connectivity index (χ0) is 15.8. The number of rotatable bonds is 7. The molecule has 0 radical (unpaired) electrons. The van der Waals surface area contributed by atoms with E-state index < -0.39 is 12.1 Å². The third kappa shape index (κ3) is 5.72. The Bertz CT molecular complexity index is 483. The summed E-state index contributed by atoms with van der Waals surface area (Å²) in [7, 11) is 0. The summed E-state index contributed by atoms with van der Waals surface area (Å²) in [5, 5.41) is 2.73. The molecule has 1 aromatic rings. The average Bonchev–Trinajstić information content (AvgIpc) is 2.42. The molecule has 1 aromatic carbocycles. The molecular formula is C15H23N3O3. The van der Waals surface area contributed by atoms with Crippen molar-refractivity contribution in [2.75, 3.05) is 18.0 Å². The Morgan fingerprint density at radius 2 is 1.81 bits per heavy atom. The Balaban J connectivity index is 2.51. The molecule has 6 nitrogen and oxygen atoms in total. The van der Waals surface area contributed by atoms with Crippen LogP contribution < -0.4 is 16.8 Å². The Kier molecular flexibility index (Phi) is 6.52. The summed E-state index contributed by atoms with van der Waals surface area (Å²) in [6.45, 7) is 4.20. The molecule has 5 N–H and O–H groups in total. The monoisotopic (exact) mass is 293 g/mol. The zero-order valence-electron chi connectivity index (χ0n) is 12.5. The van der Waals surface area contributed by atoms with Crippen molar-refractivity contribution in [2.24, 2.45) is 0 Å². The summed E-state index contributed by atoms with van der Waals surface area (Å²) >= 11 is 0. The Labute approximate surface area is 124 Å². The van der Waals surface area contributed by atoms with Crippen molar-refractivity contribution in [2.45, 2.75) is 39.2 Å². The summed E-state index contributed by atoms with van der Waals surface area (Å²) in [4.78, 5) is 23.7. The standard InChI is InChI=1S/C15H23N3O3/c1-3-4-5-6-18-14(19)10(2)21-15(20)11-7-12(16)9-13(17)8-11/h7-10H,3-6,16-17H2,1-2H3,(H,18,19). The highest BCUT2D eigenvalue weighted by Gasteiger charge is 2.18. The second-order valence-corrected chi connectivity index (χ2v) is 4.93. The van der Waals surface area contributed by atoms with Crippen LogP contribution in [0.5, 0.6) is 0 Å². The molecule has 0 fully saturated rings. The van der Waals surface area contributed by atoms with E-state index >= 15 is 0 Å². The lowest BCUT2D eigenvalue weighted by atomic mass is 10.2. The number of amides is 1. The molecule has 0 bridgehead atoms. The van der Waals surface area contributed by atoms with E-state index in [0.29, 0.717) is 17.9 Å². The number of carbonyl (C=O) groups excluding carboxylic acids is 2. The Hall–Kier alpha value is -2.24. The lowest BCUT2D eigenvalue weighted by Crippen LogP contribution is -2.36. The van der Waals surface area contributed by atoms with Gasteiger partial charge in [0, 0.05) is 17.9 Å². The molecule has 116 valence electrons. The van der Waals surface area contributed by atoms with Crippen LogP contribution in [0.3, 0.4) is 0 Å². The van der Waals surface area contributed by atoms with Gasteiger partial charge in [-0.15, -0.1) is 0 Å². The quantitative estimate of drug-likeness (QED) is 0.403. The van der Waals surface area contributed by atoms with E-state index in [1.165, 1.54) is 19.1 Å². The predicted molar refractivity (Wildman–Crippen MR) is 82.7 cm³/mol. The highest BCUT2D eigenvalue weighted by molar-refractivity contribution is 5.94. The van der Waals surface area contributed by atoms with Crippen molar-refractivity contribution in [1.82, 2.24) is 5.32 Å². The highest BCUT2D eigenvalue weighted by Crippen LogP contribution is 2.15. The van der Waals surface area contributed by atoms with Crippen molar-refractivity contribution in [3.63, 3.8) is 0 Å². The molecule has 0 aliphatic carbocycles. The maximum Gasteiger partial charge on any atom is 0.339 e. The van der Waals surface area contributed by atoms with Gasteiger partial charge in [-0.2, -0.15) is 0 Å². The Morgan fingerprint density at radius 1 is 1.19 bits per heavy atom. The minimum absolute atomic E-state index is 0.234.